The minimum Gasteiger partial charge on any atom is -0.371 e. The molecule has 2 bridgehead atoms. The Morgan fingerprint density at radius 1 is 1.45 bits per heavy atom. The molecule has 1 fully saturated rings. The second kappa shape index (κ2) is 2.63. The second-order valence-corrected chi connectivity index (χ2v) is 3.97. The predicted molar refractivity (Wildman–Crippen MR) is 45.4 cm³/mol. The molecule has 1 nitrogen and oxygen atoms in total. The molecule has 1 saturated heterocycles. The van der Waals surface area contributed by atoms with Gasteiger partial charge >= 0.3 is 0 Å². The molecule has 2 aliphatic heterocycles. The summed E-state index contributed by atoms with van der Waals surface area (Å²) in [5.41, 5.74) is 1.61. The Hall–Kier alpha value is -0.300. The van der Waals surface area contributed by atoms with E-state index >= 15 is 0 Å². The molecule has 1 heteroatoms. The van der Waals surface area contributed by atoms with Crippen LogP contribution in [-0.2, 0) is 4.74 Å². The molecule has 0 amide bonds. The molecule has 0 aromatic rings. The maximum atomic E-state index is 5.70. The van der Waals surface area contributed by atoms with Gasteiger partial charge in [-0.1, -0.05) is 25.5 Å². The summed E-state index contributed by atoms with van der Waals surface area (Å²) in [6, 6.07) is 0. The fourth-order valence-corrected chi connectivity index (χ4v) is 2.00. The summed E-state index contributed by atoms with van der Waals surface area (Å²) in [7, 11) is 0. The van der Waals surface area contributed by atoms with Crippen molar-refractivity contribution in [1.82, 2.24) is 0 Å². The molecule has 11 heavy (non-hydrogen) atoms. The lowest BCUT2D eigenvalue weighted by Gasteiger charge is -2.22. The summed E-state index contributed by atoms with van der Waals surface area (Å²) < 4.78 is 5.70. The molecule has 0 saturated carbocycles. The summed E-state index contributed by atoms with van der Waals surface area (Å²) >= 11 is 0. The standard InChI is InChI=1S/C10H16O/c1-7(2)8-5-9-3-4-10(6-8)11-9/h5,7,9-10H,3-4,6H2,1-2H3/t9-,10+/m1/s1. The average Bonchev–Trinajstić information content (AvgIpc) is 2.30. The topological polar surface area (TPSA) is 9.23 Å². The molecule has 2 atom stereocenters. The minimum absolute atomic E-state index is 0.464. The fourth-order valence-electron chi connectivity index (χ4n) is 2.00. The third-order valence-corrected chi connectivity index (χ3v) is 2.75. The SMILES string of the molecule is CC(C)C1=C[C@H]2CC[C@@H](C1)O2. The van der Waals surface area contributed by atoms with Crippen LogP contribution in [0.4, 0.5) is 0 Å². The Morgan fingerprint density at radius 3 is 2.91 bits per heavy atom. The highest BCUT2D eigenvalue weighted by molar-refractivity contribution is 5.14. The van der Waals surface area contributed by atoms with Crippen LogP contribution in [0.15, 0.2) is 11.6 Å². The highest BCUT2D eigenvalue weighted by Crippen LogP contribution is 2.34. The van der Waals surface area contributed by atoms with Gasteiger partial charge in [-0.3, -0.25) is 0 Å². The third kappa shape index (κ3) is 1.34. The molecular weight excluding hydrogens is 136 g/mol. The first-order valence-corrected chi connectivity index (χ1v) is 4.62. The normalized spacial score (nSPS) is 36.1. The van der Waals surface area contributed by atoms with Gasteiger partial charge in [0.2, 0.25) is 0 Å². The first-order valence-electron chi connectivity index (χ1n) is 4.62. The van der Waals surface area contributed by atoms with E-state index in [4.69, 9.17) is 4.74 Å². The summed E-state index contributed by atoms with van der Waals surface area (Å²) in [5, 5.41) is 0. The first-order chi connectivity index (χ1) is 5.25. The van der Waals surface area contributed by atoms with E-state index in [-0.39, 0.29) is 0 Å². The van der Waals surface area contributed by atoms with Gasteiger partial charge < -0.3 is 4.74 Å². The van der Waals surface area contributed by atoms with Crippen LogP contribution in [0.2, 0.25) is 0 Å². The van der Waals surface area contributed by atoms with Gasteiger partial charge in [0.1, 0.15) is 0 Å². The van der Waals surface area contributed by atoms with E-state index in [0.29, 0.717) is 12.2 Å². The van der Waals surface area contributed by atoms with E-state index in [1.54, 1.807) is 5.57 Å². The Morgan fingerprint density at radius 2 is 2.27 bits per heavy atom. The van der Waals surface area contributed by atoms with Crippen LogP contribution in [0.1, 0.15) is 33.1 Å². The van der Waals surface area contributed by atoms with Gasteiger partial charge in [-0.25, -0.2) is 0 Å². The minimum atomic E-state index is 0.464. The Bertz CT molecular complexity index is 181. The number of ether oxygens (including phenoxy) is 1. The smallest absolute Gasteiger partial charge is 0.0763 e. The Balaban J connectivity index is 2.13. The number of hydrogen-bond donors (Lipinski definition) is 0. The van der Waals surface area contributed by atoms with E-state index in [0.717, 1.165) is 5.92 Å². The molecule has 0 radical (unpaired) electrons. The summed E-state index contributed by atoms with van der Waals surface area (Å²) in [5.74, 6) is 0.724. The second-order valence-electron chi connectivity index (χ2n) is 3.97. The average molecular weight is 152 g/mol. The van der Waals surface area contributed by atoms with Crippen molar-refractivity contribution in [2.45, 2.75) is 45.3 Å². The van der Waals surface area contributed by atoms with Crippen LogP contribution < -0.4 is 0 Å². The first kappa shape index (κ1) is 7.35. The summed E-state index contributed by atoms with van der Waals surface area (Å²) in [4.78, 5) is 0. The fraction of sp³-hybridized carbons (Fsp3) is 0.800. The zero-order chi connectivity index (χ0) is 7.84. The van der Waals surface area contributed by atoms with Gasteiger partial charge in [0.25, 0.3) is 0 Å². The maximum absolute atomic E-state index is 5.70. The maximum Gasteiger partial charge on any atom is 0.0763 e. The van der Waals surface area contributed by atoms with Crippen LogP contribution in [0, 0.1) is 5.92 Å². The van der Waals surface area contributed by atoms with E-state index in [1.165, 1.54) is 19.3 Å². The predicted octanol–water partition coefficient (Wildman–Crippen LogP) is 2.52. The molecular formula is C10H16O. The largest absolute Gasteiger partial charge is 0.371 e. The third-order valence-electron chi connectivity index (χ3n) is 2.75. The van der Waals surface area contributed by atoms with Crippen LogP contribution in [0.5, 0.6) is 0 Å². The van der Waals surface area contributed by atoms with Crippen LogP contribution in [0.25, 0.3) is 0 Å². The molecule has 0 unspecified atom stereocenters. The Kier molecular flexibility index (Phi) is 1.76. The van der Waals surface area contributed by atoms with Gasteiger partial charge in [-0.15, -0.1) is 0 Å². The van der Waals surface area contributed by atoms with Crippen molar-refractivity contribution in [2.24, 2.45) is 5.92 Å². The van der Waals surface area contributed by atoms with Crippen molar-refractivity contribution in [2.75, 3.05) is 0 Å². The molecule has 0 aliphatic carbocycles. The van der Waals surface area contributed by atoms with E-state index in [9.17, 15) is 0 Å². The molecule has 2 heterocycles. The molecule has 0 aromatic carbocycles. The molecule has 0 spiro atoms. The van der Waals surface area contributed by atoms with Crippen molar-refractivity contribution in [3.63, 3.8) is 0 Å². The number of hydrogen-bond acceptors (Lipinski definition) is 1. The number of fused-ring (bicyclic) bond motifs is 2. The van der Waals surface area contributed by atoms with Gasteiger partial charge in [0.15, 0.2) is 0 Å². The molecule has 2 rings (SSSR count). The lowest BCUT2D eigenvalue weighted by molar-refractivity contribution is 0.0583. The van der Waals surface area contributed by atoms with E-state index < -0.39 is 0 Å². The van der Waals surface area contributed by atoms with Crippen molar-refractivity contribution in [1.29, 1.82) is 0 Å². The highest BCUT2D eigenvalue weighted by atomic mass is 16.5. The van der Waals surface area contributed by atoms with Gasteiger partial charge in [-0.05, 0) is 25.2 Å². The summed E-state index contributed by atoms with van der Waals surface area (Å²) in [6.07, 6.45) is 7.08. The molecule has 0 aromatic heterocycles. The van der Waals surface area contributed by atoms with Gasteiger partial charge in [0, 0.05) is 0 Å². The van der Waals surface area contributed by atoms with Gasteiger partial charge in [-0.2, -0.15) is 0 Å². The highest BCUT2D eigenvalue weighted by Gasteiger charge is 2.29. The van der Waals surface area contributed by atoms with E-state index in [2.05, 4.69) is 19.9 Å². The van der Waals surface area contributed by atoms with E-state index in [1.807, 2.05) is 0 Å². The molecule has 62 valence electrons. The van der Waals surface area contributed by atoms with Crippen molar-refractivity contribution < 1.29 is 4.74 Å². The monoisotopic (exact) mass is 152 g/mol. The zero-order valence-electron chi connectivity index (χ0n) is 7.34. The van der Waals surface area contributed by atoms with Gasteiger partial charge in [0.05, 0.1) is 12.2 Å². The van der Waals surface area contributed by atoms with Crippen LogP contribution in [0.3, 0.4) is 0 Å². The lowest BCUT2D eigenvalue weighted by atomic mass is 9.96. The molecule has 0 N–H and O–H groups in total. The van der Waals surface area contributed by atoms with Crippen LogP contribution >= 0.6 is 0 Å². The lowest BCUT2D eigenvalue weighted by Crippen LogP contribution is -2.18. The van der Waals surface area contributed by atoms with Crippen molar-refractivity contribution >= 4 is 0 Å². The number of rotatable bonds is 1. The quantitative estimate of drug-likeness (QED) is 0.525. The summed E-state index contributed by atoms with van der Waals surface area (Å²) in [6.45, 7) is 4.55. The van der Waals surface area contributed by atoms with Crippen LogP contribution in [-0.4, -0.2) is 12.2 Å². The Labute approximate surface area is 68.4 Å². The van der Waals surface area contributed by atoms with Crippen molar-refractivity contribution in [3.05, 3.63) is 11.6 Å². The van der Waals surface area contributed by atoms with Crippen molar-refractivity contribution in [3.8, 4) is 0 Å². The molecule has 2 aliphatic rings. The zero-order valence-corrected chi connectivity index (χ0v) is 7.34.